The molecule has 4 aromatic rings. The lowest BCUT2D eigenvalue weighted by Crippen LogP contribution is -2.58. The minimum absolute atomic E-state index is 0.250. The van der Waals surface area contributed by atoms with Crippen LogP contribution in [0.2, 0.25) is 0 Å². The van der Waals surface area contributed by atoms with Crippen LogP contribution in [-0.4, -0.2) is 43.5 Å². The number of piperidine rings is 1. The number of thiazole rings is 1. The lowest BCUT2D eigenvalue weighted by molar-refractivity contribution is 0.208. The van der Waals surface area contributed by atoms with Crippen molar-refractivity contribution in [3.05, 3.63) is 42.1 Å². The summed E-state index contributed by atoms with van der Waals surface area (Å²) in [4.78, 5) is 16.7. The minimum Gasteiger partial charge on any atom is -0.348 e. The van der Waals surface area contributed by atoms with Crippen LogP contribution >= 0.6 is 11.3 Å². The van der Waals surface area contributed by atoms with Gasteiger partial charge in [-0.2, -0.15) is 0 Å². The topological polar surface area (TPSA) is 58.4 Å². The summed E-state index contributed by atoms with van der Waals surface area (Å²) < 4.78 is 3.34. The van der Waals surface area contributed by atoms with Gasteiger partial charge in [0.15, 0.2) is 5.13 Å². The standard InChI is InChI=1S/C25H30N6S/c1-15-13-31-14-17(8-21(31)16(2)27-15)19-9-22-20(12-26-19)28-23(32-22)30(5)18-10-24(3)6-7-25(4,11-18)29-24/h8-9,12-14,18,29H,6-7,10-11H2,1-5H3. The van der Waals surface area contributed by atoms with E-state index in [1.54, 1.807) is 11.3 Å². The number of nitrogens with one attached hydrogen (secondary N) is 1. The van der Waals surface area contributed by atoms with Crippen LogP contribution in [0.3, 0.4) is 0 Å². The number of nitrogens with zero attached hydrogens (tertiary/aromatic N) is 5. The smallest absolute Gasteiger partial charge is 0.186 e. The molecule has 0 saturated carbocycles. The molecule has 2 saturated heterocycles. The van der Waals surface area contributed by atoms with E-state index >= 15 is 0 Å². The minimum atomic E-state index is 0.250. The van der Waals surface area contributed by atoms with Gasteiger partial charge < -0.3 is 14.6 Å². The van der Waals surface area contributed by atoms with Crippen molar-refractivity contribution >= 4 is 32.2 Å². The third kappa shape index (κ3) is 3.21. The molecule has 0 amide bonds. The van der Waals surface area contributed by atoms with Gasteiger partial charge in [-0.1, -0.05) is 11.3 Å². The number of hydrogen-bond donors (Lipinski definition) is 1. The van der Waals surface area contributed by atoms with Crippen LogP contribution in [0.4, 0.5) is 5.13 Å². The average molecular weight is 447 g/mol. The summed E-state index contributed by atoms with van der Waals surface area (Å²) in [5, 5.41) is 4.98. The molecule has 0 radical (unpaired) electrons. The first-order valence-corrected chi connectivity index (χ1v) is 12.3. The number of hydrogen-bond acceptors (Lipinski definition) is 6. The number of anilines is 1. The molecule has 6 heterocycles. The Labute approximate surface area is 192 Å². The SMILES string of the molecule is Cc1cn2cc(-c3cc4sc(N(C)C5CC6(C)CCC(C)(C5)N6)nc4cn3)cc2c(C)n1. The molecule has 6 nitrogen and oxygen atoms in total. The molecule has 7 heteroatoms. The number of aryl methyl sites for hydroxylation is 2. The molecular formula is C25H30N6S. The highest BCUT2D eigenvalue weighted by Gasteiger charge is 2.49. The molecular weight excluding hydrogens is 416 g/mol. The zero-order valence-electron chi connectivity index (χ0n) is 19.4. The van der Waals surface area contributed by atoms with E-state index in [2.05, 4.69) is 71.9 Å². The molecule has 1 N–H and O–H groups in total. The fraction of sp³-hybridized carbons (Fsp3) is 0.480. The summed E-state index contributed by atoms with van der Waals surface area (Å²) in [6.45, 7) is 8.85. The van der Waals surface area contributed by atoms with E-state index in [4.69, 9.17) is 9.97 Å². The lowest BCUT2D eigenvalue weighted by Gasteiger charge is -2.45. The molecule has 2 aliphatic rings. The lowest BCUT2D eigenvalue weighted by atomic mass is 9.84. The van der Waals surface area contributed by atoms with Gasteiger partial charge in [-0.05, 0) is 65.5 Å². The molecule has 2 unspecified atom stereocenters. The zero-order chi connectivity index (χ0) is 22.3. The van der Waals surface area contributed by atoms with Gasteiger partial charge in [-0.25, -0.2) is 4.98 Å². The first-order valence-electron chi connectivity index (χ1n) is 11.5. The van der Waals surface area contributed by atoms with Crippen LogP contribution in [0.15, 0.2) is 30.7 Å². The summed E-state index contributed by atoms with van der Waals surface area (Å²) in [7, 11) is 2.22. The summed E-state index contributed by atoms with van der Waals surface area (Å²) >= 11 is 1.78. The molecule has 0 aromatic carbocycles. The fourth-order valence-electron chi connectivity index (χ4n) is 5.95. The molecule has 0 aliphatic carbocycles. The number of pyridine rings is 1. The third-order valence-electron chi connectivity index (χ3n) is 7.50. The van der Waals surface area contributed by atoms with Gasteiger partial charge in [-0.3, -0.25) is 9.97 Å². The highest BCUT2D eigenvalue weighted by Crippen LogP contribution is 2.44. The molecule has 4 aromatic heterocycles. The van der Waals surface area contributed by atoms with Gasteiger partial charge >= 0.3 is 0 Å². The maximum atomic E-state index is 4.95. The van der Waals surface area contributed by atoms with E-state index in [1.807, 2.05) is 13.1 Å². The van der Waals surface area contributed by atoms with Gasteiger partial charge in [0.25, 0.3) is 0 Å². The Bertz CT molecular complexity index is 1340. The summed E-state index contributed by atoms with van der Waals surface area (Å²) in [5.74, 6) is 0. The Morgan fingerprint density at radius 2 is 1.84 bits per heavy atom. The van der Waals surface area contributed by atoms with Crippen molar-refractivity contribution in [3.63, 3.8) is 0 Å². The number of rotatable bonds is 3. The Morgan fingerprint density at radius 1 is 1.09 bits per heavy atom. The first kappa shape index (κ1) is 20.1. The second kappa shape index (κ2) is 6.75. The normalized spacial score (nSPS) is 27.5. The summed E-state index contributed by atoms with van der Waals surface area (Å²) in [6.07, 6.45) is 11.0. The van der Waals surface area contributed by atoms with Gasteiger partial charge in [0.1, 0.15) is 5.52 Å². The summed E-state index contributed by atoms with van der Waals surface area (Å²) in [6, 6.07) is 4.87. The molecule has 166 valence electrons. The molecule has 2 atom stereocenters. The van der Waals surface area contributed by atoms with Gasteiger partial charge in [0, 0.05) is 42.1 Å². The first-order chi connectivity index (χ1) is 15.2. The second-order valence-corrected chi connectivity index (χ2v) is 11.5. The maximum absolute atomic E-state index is 4.95. The van der Waals surface area contributed by atoms with Crippen molar-refractivity contribution in [1.82, 2.24) is 24.7 Å². The van der Waals surface area contributed by atoms with Crippen molar-refractivity contribution < 1.29 is 0 Å². The van der Waals surface area contributed by atoms with E-state index in [0.717, 1.165) is 38.8 Å². The predicted octanol–water partition coefficient (Wildman–Crippen LogP) is 5.12. The molecule has 2 bridgehead atoms. The Kier molecular flexibility index (Phi) is 4.24. The predicted molar refractivity (Wildman–Crippen MR) is 132 cm³/mol. The van der Waals surface area contributed by atoms with E-state index in [1.165, 1.54) is 30.4 Å². The van der Waals surface area contributed by atoms with Crippen molar-refractivity contribution in [1.29, 1.82) is 0 Å². The molecule has 0 spiro atoms. The second-order valence-electron chi connectivity index (χ2n) is 10.4. The van der Waals surface area contributed by atoms with Gasteiger partial charge in [-0.15, -0.1) is 0 Å². The zero-order valence-corrected chi connectivity index (χ0v) is 20.3. The van der Waals surface area contributed by atoms with Crippen LogP contribution in [0.1, 0.15) is 50.9 Å². The van der Waals surface area contributed by atoms with Gasteiger partial charge in [0.05, 0.1) is 33.5 Å². The van der Waals surface area contributed by atoms with Crippen LogP contribution in [-0.2, 0) is 0 Å². The van der Waals surface area contributed by atoms with Crippen molar-refractivity contribution in [2.45, 2.75) is 70.5 Å². The Hall–Kier alpha value is -2.51. The van der Waals surface area contributed by atoms with Crippen molar-refractivity contribution in [2.75, 3.05) is 11.9 Å². The van der Waals surface area contributed by atoms with Crippen LogP contribution in [0.5, 0.6) is 0 Å². The van der Waals surface area contributed by atoms with Crippen molar-refractivity contribution in [2.24, 2.45) is 0 Å². The van der Waals surface area contributed by atoms with E-state index in [9.17, 15) is 0 Å². The van der Waals surface area contributed by atoms with Crippen LogP contribution in [0, 0.1) is 13.8 Å². The highest BCUT2D eigenvalue weighted by atomic mass is 32.1. The third-order valence-corrected chi connectivity index (χ3v) is 8.61. The van der Waals surface area contributed by atoms with Gasteiger partial charge in [0.2, 0.25) is 0 Å². The Morgan fingerprint density at radius 3 is 2.59 bits per heavy atom. The van der Waals surface area contributed by atoms with E-state index < -0.39 is 0 Å². The molecule has 2 aliphatic heterocycles. The van der Waals surface area contributed by atoms with Crippen LogP contribution < -0.4 is 10.2 Å². The Balaban J connectivity index is 1.33. The molecule has 32 heavy (non-hydrogen) atoms. The average Bonchev–Trinajstić information content (AvgIpc) is 3.40. The summed E-state index contributed by atoms with van der Waals surface area (Å²) in [5.41, 5.74) is 6.76. The molecule has 2 fully saturated rings. The van der Waals surface area contributed by atoms with E-state index in [0.29, 0.717) is 6.04 Å². The molecule has 6 rings (SSSR count). The number of fused-ring (bicyclic) bond motifs is 4. The monoisotopic (exact) mass is 446 g/mol. The maximum Gasteiger partial charge on any atom is 0.186 e. The number of aromatic nitrogens is 4. The quantitative estimate of drug-likeness (QED) is 0.473. The highest BCUT2D eigenvalue weighted by molar-refractivity contribution is 7.22. The van der Waals surface area contributed by atoms with Crippen molar-refractivity contribution in [3.8, 4) is 11.3 Å². The fourth-order valence-corrected chi connectivity index (χ4v) is 6.96. The van der Waals surface area contributed by atoms with Crippen LogP contribution in [0.25, 0.3) is 27.0 Å². The van der Waals surface area contributed by atoms with E-state index in [-0.39, 0.29) is 11.1 Å². The largest absolute Gasteiger partial charge is 0.348 e.